The van der Waals surface area contributed by atoms with Gasteiger partial charge in [0.1, 0.15) is 4.75 Å². The first-order chi connectivity index (χ1) is 7.34. The molecular formula is C8H12BNO5S. The first-order valence-corrected chi connectivity index (χ1v) is 5.55. The number of carboxylic acids is 1. The molecule has 0 aromatic heterocycles. The molecule has 0 aromatic rings. The molecule has 8 heteroatoms. The third-order valence-corrected chi connectivity index (χ3v) is 4.00. The molecule has 2 unspecified atom stereocenters. The highest BCUT2D eigenvalue weighted by atomic mass is 32.2. The Hall–Kier alpha value is -1.18. The molecule has 0 bridgehead atoms. The Morgan fingerprint density at radius 3 is 2.50 bits per heavy atom. The molecule has 0 saturated carbocycles. The Morgan fingerprint density at radius 1 is 1.56 bits per heavy atom. The van der Waals surface area contributed by atoms with Crippen LogP contribution in [0.1, 0.15) is 6.92 Å². The fraction of sp³-hybridized carbons (Fsp3) is 0.625. The van der Waals surface area contributed by atoms with Gasteiger partial charge in [0, 0.05) is 0 Å². The van der Waals surface area contributed by atoms with Gasteiger partial charge in [-0.1, -0.05) is 0 Å². The standard InChI is InChI=1S/C8H12BNO5S/c1-8(6(12)13)4(5(11)15-2)10(3-16-8)7(9)14/h4H,3,9H2,1-2H3,(H,12,13). The molecule has 16 heavy (non-hydrogen) atoms. The molecule has 0 spiro atoms. The van der Waals surface area contributed by atoms with Crippen LogP contribution in [0, 0.1) is 0 Å². The molecule has 1 aliphatic rings. The third-order valence-electron chi connectivity index (χ3n) is 2.59. The van der Waals surface area contributed by atoms with Crippen LogP contribution in [0.25, 0.3) is 0 Å². The van der Waals surface area contributed by atoms with Crippen molar-refractivity contribution in [2.24, 2.45) is 0 Å². The van der Waals surface area contributed by atoms with Crippen LogP contribution in [0.2, 0.25) is 0 Å². The minimum Gasteiger partial charge on any atom is -0.480 e. The molecular weight excluding hydrogens is 233 g/mol. The van der Waals surface area contributed by atoms with Crippen molar-refractivity contribution in [3.8, 4) is 0 Å². The van der Waals surface area contributed by atoms with E-state index >= 15 is 0 Å². The Bertz CT molecular complexity index is 349. The van der Waals surface area contributed by atoms with E-state index in [2.05, 4.69) is 4.74 Å². The van der Waals surface area contributed by atoms with Gasteiger partial charge in [-0.3, -0.25) is 9.59 Å². The molecule has 1 aliphatic heterocycles. The summed E-state index contributed by atoms with van der Waals surface area (Å²) in [6.45, 7) is 1.42. The number of hydrogen-bond donors (Lipinski definition) is 1. The summed E-state index contributed by atoms with van der Waals surface area (Å²) >= 11 is 1.05. The fourth-order valence-corrected chi connectivity index (χ4v) is 2.81. The molecule has 1 N–H and O–H groups in total. The summed E-state index contributed by atoms with van der Waals surface area (Å²) in [7, 11) is 2.47. The number of nitrogens with zero attached hydrogens (tertiary/aromatic N) is 1. The predicted molar refractivity (Wildman–Crippen MR) is 60.1 cm³/mol. The topological polar surface area (TPSA) is 83.9 Å². The van der Waals surface area contributed by atoms with Crippen molar-refractivity contribution in [2.45, 2.75) is 17.7 Å². The molecule has 88 valence electrons. The van der Waals surface area contributed by atoms with E-state index in [0.717, 1.165) is 11.8 Å². The van der Waals surface area contributed by atoms with Crippen molar-refractivity contribution >= 4 is 37.4 Å². The Kier molecular flexibility index (Phi) is 3.52. The fourth-order valence-electron chi connectivity index (χ4n) is 1.57. The van der Waals surface area contributed by atoms with Gasteiger partial charge in [0.05, 0.1) is 13.0 Å². The number of rotatable bonds is 2. The quantitative estimate of drug-likeness (QED) is 0.503. The van der Waals surface area contributed by atoms with Gasteiger partial charge in [0.2, 0.25) is 7.85 Å². The number of hydrogen-bond acceptors (Lipinski definition) is 5. The maximum Gasteiger partial charge on any atom is 0.330 e. The van der Waals surface area contributed by atoms with Gasteiger partial charge in [-0.15, -0.1) is 11.8 Å². The highest BCUT2D eigenvalue weighted by Crippen LogP contribution is 2.40. The molecule has 1 heterocycles. The third kappa shape index (κ3) is 1.89. The van der Waals surface area contributed by atoms with Crippen molar-refractivity contribution in [3.63, 3.8) is 0 Å². The number of amides is 1. The molecule has 0 aliphatic carbocycles. The minimum atomic E-state index is -1.35. The number of thioether (sulfide) groups is 1. The van der Waals surface area contributed by atoms with Crippen molar-refractivity contribution < 1.29 is 24.2 Å². The van der Waals surface area contributed by atoms with E-state index in [1.54, 1.807) is 0 Å². The largest absolute Gasteiger partial charge is 0.480 e. The number of aliphatic carboxylic acids is 1. The van der Waals surface area contributed by atoms with Gasteiger partial charge in [-0.2, -0.15) is 0 Å². The monoisotopic (exact) mass is 245 g/mol. The van der Waals surface area contributed by atoms with E-state index in [9.17, 15) is 14.4 Å². The summed E-state index contributed by atoms with van der Waals surface area (Å²) in [4.78, 5) is 35.2. The molecule has 1 rings (SSSR count). The van der Waals surface area contributed by atoms with E-state index in [1.165, 1.54) is 26.8 Å². The first kappa shape index (κ1) is 12.9. The average Bonchev–Trinajstić information content (AvgIpc) is 2.56. The highest BCUT2D eigenvalue weighted by Gasteiger charge is 2.55. The van der Waals surface area contributed by atoms with Crippen molar-refractivity contribution in [3.05, 3.63) is 0 Å². The van der Waals surface area contributed by atoms with E-state index < -0.39 is 22.7 Å². The molecule has 6 nitrogen and oxygen atoms in total. The lowest BCUT2D eigenvalue weighted by Gasteiger charge is -2.28. The molecule has 1 amide bonds. The summed E-state index contributed by atoms with van der Waals surface area (Å²) in [5.74, 6) is -1.99. The Labute approximate surface area is 97.7 Å². The molecule has 0 radical (unpaired) electrons. The zero-order valence-corrected chi connectivity index (χ0v) is 10.0. The second kappa shape index (κ2) is 4.36. The number of methoxy groups -OCH3 is 1. The van der Waals surface area contributed by atoms with Crippen LogP contribution < -0.4 is 0 Å². The van der Waals surface area contributed by atoms with E-state index in [0.29, 0.717) is 0 Å². The minimum absolute atomic E-state index is 0.178. The number of carboxylic acid groups (broad SMARTS) is 1. The Morgan fingerprint density at radius 2 is 2.12 bits per heavy atom. The van der Waals surface area contributed by atoms with Crippen molar-refractivity contribution in [1.29, 1.82) is 0 Å². The van der Waals surface area contributed by atoms with Crippen molar-refractivity contribution in [2.75, 3.05) is 13.0 Å². The van der Waals surface area contributed by atoms with Crippen LogP contribution in [-0.4, -0.2) is 59.4 Å². The van der Waals surface area contributed by atoms with E-state index in [1.807, 2.05) is 0 Å². The zero-order chi connectivity index (χ0) is 12.5. The van der Waals surface area contributed by atoms with E-state index in [-0.39, 0.29) is 11.7 Å². The van der Waals surface area contributed by atoms with Crippen LogP contribution in [0.5, 0.6) is 0 Å². The number of carbonyl (C=O) groups excluding carboxylic acids is 2. The first-order valence-electron chi connectivity index (χ1n) is 4.57. The van der Waals surface area contributed by atoms with Gasteiger partial charge in [-0.25, -0.2) is 4.79 Å². The maximum atomic E-state index is 11.6. The van der Waals surface area contributed by atoms with Crippen LogP contribution in [0.4, 0.5) is 4.79 Å². The summed E-state index contributed by atoms with van der Waals surface area (Å²) in [5, 5.41) is 9.12. The number of esters is 1. The second-order valence-corrected chi connectivity index (χ2v) is 5.00. The molecule has 1 fully saturated rings. The van der Waals surface area contributed by atoms with E-state index in [4.69, 9.17) is 5.11 Å². The average molecular weight is 245 g/mol. The second-order valence-electron chi connectivity index (χ2n) is 3.60. The van der Waals surface area contributed by atoms with Gasteiger partial charge in [0.25, 0.3) is 0 Å². The lowest BCUT2D eigenvalue weighted by atomic mass is 9.97. The van der Waals surface area contributed by atoms with Gasteiger partial charge < -0.3 is 14.7 Å². The molecule has 0 aromatic carbocycles. The lowest BCUT2D eigenvalue weighted by Crippen LogP contribution is -2.53. The zero-order valence-electron chi connectivity index (χ0n) is 9.22. The normalized spacial score (nSPS) is 28.9. The number of ether oxygens (including phenoxy) is 1. The van der Waals surface area contributed by atoms with Crippen LogP contribution in [0.15, 0.2) is 0 Å². The summed E-state index contributed by atoms with van der Waals surface area (Å²) < 4.78 is 3.20. The van der Waals surface area contributed by atoms with Gasteiger partial charge in [0.15, 0.2) is 11.8 Å². The van der Waals surface area contributed by atoms with Crippen molar-refractivity contribution in [1.82, 2.24) is 4.90 Å². The van der Waals surface area contributed by atoms with Gasteiger partial charge >= 0.3 is 11.9 Å². The van der Waals surface area contributed by atoms with Crippen LogP contribution in [0.3, 0.4) is 0 Å². The highest BCUT2D eigenvalue weighted by molar-refractivity contribution is 8.01. The molecule has 1 saturated heterocycles. The van der Waals surface area contributed by atoms with Crippen LogP contribution >= 0.6 is 11.8 Å². The van der Waals surface area contributed by atoms with Crippen LogP contribution in [-0.2, 0) is 14.3 Å². The van der Waals surface area contributed by atoms with Gasteiger partial charge in [-0.05, 0) is 6.92 Å². The summed E-state index contributed by atoms with van der Waals surface area (Å²) in [6, 6.07) is -1.07. The molecule has 2 atom stereocenters. The summed E-state index contributed by atoms with van der Waals surface area (Å²) in [6.07, 6.45) is 0. The smallest absolute Gasteiger partial charge is 0.330 e. The SMILES string of the molecule is BC(=O)N1CSC(C)(C(=O)O)C1C(=O)OC. The lowest BCUT2D eigenvalue weighted by molar-refractivity contribution is -0.152. The predicted octanol–water partition coefficient (Wildman–Crippen LogP) is -0.869. The maximum absolute atomic E-state index is 11.6. The Balaban J connectivity index is 3.11. The summed E-state index contributed by atoms with van der Waals surface area (Å²) in [5.41, 5.74) is 0. The number of carbonyl (C=O) groups is 3.